The second-order valence-electron chi connectivity index (χ2n) is 9.46. The number of carbonyl (C=O) groups excluding carboxylic acids is 2. The minimum atomic E-state index is -0.505. The molecule has 5 nitrogen and oxygen atoms in total. The fourth-order valence-corrected chi connectivity index (χ4v) is 5.75. The number of thiazole rings is 1. The number of hydrogen-bond donors (Lipinski definition) is 1. The van der Waals surface area contributed by atoms with Crippen molar-refractivity contribution in [3.05, 3.63) is 28.8 Å². The molecule has 2 aromatic rings. The molecule has 0 saturated heterocycles. The highest BCUT2D eigenvalue weighted by atomic mass is 32.1. The summed E-state index contributed by atoms with van der Waals surface area (Å²) in [5, 5.41) is 3.75. The van der Waals surface area contributed by atoms with Crippen LogP contribution in [0.15, 0.2) is 18.2 Å². The van der Waals surface area contributed by atoms with Gasteiger partial charge in [0.25, 0.3) is 0 Å². The number of alkyl carbamates (subject to hydrolysis) is 1. The molecule has 3 saturated carbocycles. The Bertz CT molecular complexity index is 916. The van der Waals surface area contributed by atoms with Crippen molar-refractivity contribution < 1.29 is 14.3 Å². The summed E-state index contributed by atoms with van der Waals surface area (Å²) in [6, 6.07) is 6.08. The molecule has 0 spiro atoms. The van der Waals surface area contributed by atoms with Gasteiger partial charge in [-0.25, -0.2) is 9.78 Å². The van der Waals surface area contributed by atoms with Gasteiger partial charge in [-0.3, -0.25) is 4.79 Å². The molecule has 5 rings (SSSR count). The lowest BCUT2D eigenvalue weighted by Crippen LogP contribution is -2.58. The smallest absolute Gasteiger partial charge is 0.408 e. The standard InChI is InChI=1S/C22H28N2O3S/c1-14-6-5-7-15-16(14)23-18(28-15)17(25)21-8-11-22(12-9-21,13-10-21)24-19(26)27-20(2,3)4/h5-7H,8-13H2,1-4H3,(H,24,26). The predicted octanol–water partition coefficient (Wildman–Crippen LogP) is 5.41. The van der Waals surface area contributed by atoms with Gasteiger partial charge in [0.1, 0.15) is 5.60 Å². The van der Waals surface area contributed by atoms with Crippen molar-refractivity contribution in [1.82, 2.24) is 10.3 Å². The summed E-state index contributed by atoms with van der Waals surface area (Å²) in [5.41, 5.74) is 1.00. The Labute approximate surface area is 169 Å². The number of benzene rings is 1. The van der Waals surface area contributed by atoms with Gasteiger partial charge >= 0.3 is 6.09 Å². The van der Waals surface area contributed by atoms with Gasteiger partial charge in [-0.15, -0.1) is 11.3 Å². The van der Waals surface area contributed by atoms with E-state index in [-0.39, 0.29) is 22.8 Å². The molecule has 28 heavy (non-hydrogen) atoms. The van der Waals surface area contributed by atoms with E-state index in [1.165, 1.54) is 11.3 Å². The van der Waals surface area contributed by atoms with Crippen molar-refractivity contribution in [2.45, 2.75) is 77.4 Å². The molecule has 1 aromatic carbocycles. The van der Waals surface area contributed by atoms with E-state index >= 15 is 0 Å². The van der Waals surface area contributed by atoms with E-state index in [1.807, 2.05) is 45.9 Å². The fourth-order valence-electron chi connectivity index (χ4n) is 4.64. The van der Waals surface area contributed by atoms with Gasteiger partial charge in [-0.1, -0.05) is 12.1 Å². The molecule has 0 radical (unpaired) electrons. The molecule has 2 bridgehead atoms. The second-order valence-corrected chi connectivity index (χ2v) is 10.5. The number of rotatable bonds is 3. The van der Waals surface area contributed by atoms with Crippen LogP contribution < -0.4 is 5.32 Å². The Morgan fingerprint density at radius 3 is 2.32 bits per heavy atom. The highest BCUT2D eigenvalue weighted by Gasteiger charge is 2.53. The molecular weight excluding hydrogens is 372 g/mol. The predicted molar refractivity (Wildman–Crippen MR) is 111 cm³/mol. The van der Waals surface area contributed by atoms with E-state index in [9.17, 15) is 9.59 Å². The minimum Gasteiger partial charge on any atom is -0.444 e. The van der Waals surface area contributed by atoms with Crippen molar-refractivity contribution in [3.8, 4) is 0 Å². The number of Topliss-reactive ketones (excluding diaryl/α,β-unsaturated/α-hetero) is 1. The third kappa shape index (κ3) is 3.43. The van der Waals surface area contributed by atoms with E-state index in [4.69, 9.17) is 4.74 Å². The average Bonchev–Trinajstić information content (AvgIpc) is 3.06. The van der Waals surface area contributed by atoms with E-state index < -0.39 is 5.60 Å². The van der Waals surface area contributed by atoms with Gasteiger partial charge in [-0.2, -0.15) is 0 Å². The van der Waals surface area contributed by atoms with Crippen molar-refractivity contribution in [2.75, 3.05) is 0 Å². The maximum Gasteiger partial charge on any atom is 0.408 e. The number of ether oxygens (including phenoxy) is 1. The molecule has 3 aliphatic rings. The van der Waals surface area contributed by atoms with Crippen molar-refractivity contribution in [2.24, 2.45) is 5.41 Å². The van der Waals surface area contributed by atoms with Crippen LogP contribution in [0.25, 0.3) is 10.2 Å². The van der Waals surface area contributed by atoms with Crippen molar-refractivity contribution >= 4 is 33.4 Å². The lowest BCUT2D eigenvalue weighted by atomic mass is 9.56. The number of nitrogens with zero attached hydrogens (tertiary/aromatic N) is 1. The summed E-state index contributed by atoms with van der Waals surface area (Å²) in [4.78, 5) is 30.4. The van der Waals surface area contributed by atoms with E-state index in [1.54, 1.807) is 0 Å². The number of aromatic nitrogens is 1. The SMILES string of the molecule is Cc1cccc2sc(C(=O)C34CCC(NC(=O)OC(C)(C)C)(CC3)CC4)nc12. The third-order valence-corrected chi connectivity index (χ3v) is 7.33. The quantitative estimate of drug-likeness (QED) is 0.700. The fraction of sp³-hybridized carbons (Fsp3) is 0.591. The van der Waals surface area contributed by atoms with Gasteiger partial charge in [0.15, 0.2) is 10.8 Å². The molecule has 0 unspecified atom stereocenters. The third-order valence-electron chi connectivity index (χ3n) is 6.31. The van der Waals surface area contributed by atoms with Gasteiger partial charge < -0.3 is 10.1 Å². The largest absolute Gasteiger partial charge is 0.444 e. The van der Waals surface area contributed by atoms with Crippen LogP contribution >= 0.6 is 11.3 Å². The first-order chi connectivity index (χ1) is 13.1. The molecule has 1 amide bonds. The molecule has 6 heteroatoms. The lowest BCUT2D eigenvalue weighted by Gasteiger charge is -2.52. The van der Waals surface area contributed by atoms with Gasteiger partial charge in [0, 0.05) is 11.0 Å². The number of aryl methyl sites for hydroxylation is 1. The summed E-state index contributed by atoms with van der Waals surface area (Å²) in [5.74, 6) is 0.193. The molecular formula is C22H28N2O3S. The second kappa shape index (κ2) is 6.55. The molecule has 3 aliphatic carbocycles. The zero-order valence-corrected chi connectivity index (χ0v) is 17.9. The summed E-state index contributed by atoms with van der Waals surface area (Å²) >= 11 is 1.51. The van der Waals surface area contributed by atoms with Crippen LogP contribution in [0.4, 0.5) is 4.79 Å². The van der Waals surface area contributed by atoms with Gasteiger partial charge in [0.2, 0.25) is 0 Å². The Balaban J connectivity index is 1.49. The first-order valence-electron chi connectivity index (χ1n) is 10.0. The Morgan fingerprint density at radius 2 is 1.75 bits per heavy atom. The number of nitrogens with one attached hydrogen (secondary N) is 1. The Morgan fingerprint density at radius 1 is 1.11 bits per heavy atom. The van der Waals surface area contributed by atoms with Crippen LogP contribution in [0.2, 0.25) is 0 Å². The number of ketones is 1. The van der Waals surface area contributed by atoms with Crippen LogP contribution in [0.5, 0.6) is 0 Å². The topological polar surface area (TPSA) is 68.3 Å². The van der Waals surface area contributed by atoms with Crippen LogP contribution in [-0.2, 0) is 4.74 Å². The number of hydrogen-bond acceptors (Lipinski definition) is 5. The zero-order valence-electron chi connectivity index (χ0n) is 17.1. The summed E-state index contributed by atoms with van der Waals surface area (Å²) < 4.78 is 6.52. The molecule has 3 fully saturated rings. The molecule has 0 aliphatic heterocycles. The number of carbonyl (C=O) groups is 2. The van der Waals surface area contributed by atoms with Crippen molar-refractivity contribution in [1.29, 1.82) is 0 Å². The number of amides is 1. The van der Waals surface area contributed by atoms with Gasteiger partial charge in [-0.05, 0) is 77.8 Å². The van der Waals surface area contributed by atoms with E-state index in [0.29, 0.717) is 5.01 Å². The lowest BCUT2D eigenvalue weighted by molar-refractivity contribution is 0.00918. The molecule has 1 heterocycles. The number of fused-ring (bicyclic) bond motifs is 4. The summed E-state index contributed by atoms with van der Waals surface area (Å²) in [6.07, 6.45) is 4.52. The maximum atomic E-state index is 13.4. The van der Waals surface area contributed by atoms with Gasteiger partial charge in [0.05, 0.1) is 10.2 Å². The molecule has 1 aromatic heterocycles. The highest BCUT2D eigenvalue weighted by Crippen LogP contribution is 2.54. The number of para-hydroxylation sites is 1. The van der Waals surface area contributed by atoms with Crippen LogP contribution in [-0.4, -0.2) is 28.0 Å². The van der Waals surface area contributed by atoms with Crippen LogP contribution in [0.1, 0.15) is 74.7 Å². The highest BCUT2D eigenvalue weighted by molar-refractivity contribution is 7.20. The van der Waals surface area contributed by atoms with Crippen molar-refractivity contribution in [3.63, 3.8) is 0 Å². The zero-order chi connectivity index (χ0) is 20.2. The Hall–Kier alpha value is -1.95. The molecule has 1 N–H and O–H groups in total. The summed E-state index contributed by atoms with van der Waals surface area (Å²) in [6.45, 7) is 7.65. The first-order valence-corrected chi connectivity index (χ1v) is 10.9. The maximum absolute atomic E-state index is 13.4. The normalized spacial score (nSPS) is 27.0. The van der Waals surface area contributed by atoms with E-state index in [2.05, 4.69) is 10.3 Å². The Kier molecular flexibility index (Phi) is 4.53. The molecule has 0 atom stereocenters. The van der Waals surface area contributed by atoms with Crippen LogP contribution in [0, 0.1) is 12.3 Å². The molecule has 150 valence electrons. The monoisotopic (exact) mass is 400 g/mol. The van der Waals surface area contributed by atoms with Crippen LogP contribution in [0.3, 0.4) is 0 Å². The first kappa shape index (κ1) is 19.4. The average molecular weight is 401 g/mol. The van der Waals surface area contributed by atoms with E-state index in [0.717, 1.165) is 54.3 Å². The summed E-state index contributed by atoms with van der Waals surface area (Å²) in [7, 11) is 0. The minimum absolute atomic E-state index is 0.193.